The van der Waals surface area contributed by atoms with Crippen molar-refractivity contribution in [2.75, 3.05) is 26.7 Å². The number of methoxy groups -OCH3 is 1. The summed E-state index contributed by atoms with van der Waals surface area (Å²) >= 11 is 0. The second-order valence-corrected chi connectivity index (χ2v) is 5.41. The molecule has 1 rings (SSSR count). The Morgan fingerprint density at radius 1 is 1.30 bits per heavy atom. The summed E-state index contributed by atoms with van der Waals surface area (Å²) in [7, 11) is 1.70. The highest BCUT2D eigenvalue weighted by Crippen LogP contribution is 2.34. The molecule has 1 unspecified atom stereocenters. The third kappa shape index (κ3) is 3.49. The second-order valence-electron chi connectivity index (χ2n) is 5.41. The Balaban J connectivity index is 3.22. The summed E-state index contributed by atoms with van der Waals surface area (Å²) in [5.41, 5.74) is 0.940. The van der Waals surface area contributed by atoms with Crippen molar-refractivity contribution in [3.05, 3.63) is 24.0 Å². The van der Waals surface area contributed by atoms with E-state index < -0.39 is 0 Å². The molecule has 0 fully saturated rings. The van der Waals surface area contributed by atoms with Gasteiger partial charge in [0, 0.05) is 11.7 Å². The van der Waals surface area contributed by atoms with Crippen LogP contribution >= 0.6 is 0 Å². The number of pyridine rings is 1. The Bertz CT molecular complexity index is 402. The van der Waals surface area contributed by atoms with E-state index in [1.54, 1.807) is 7.11 Å². The van der Waals surface area contributed by atoms with Gasteiger partial charge in [0.05, 0.1) is 13.2 Å². The molecule has 0 aromatic carbocycles. The topological polar surface area (TPSA) is 37.4 Å². The Kier molecular flexibility index (Phi) is 6.43. The predicted octanol–water partition coefficient (Wildman–Crippen LogP) is 2.86. The molecule has 1 atom stereocenters. The summed E-state index contributed by atoms with van der Waals surface area (Å²) in [6.45, 7) is 14.0. The highest BCUT2D eigenvalue weighted by atomic mass is 16.5. The highest BCUT2D eigenvalue weighted by molar-refractivity contribution is 5.31. The lowest BCUT2D eigenvalue weighted by Crippen LogP contribution is -2.52. The van der Waals surface area contributed by atoms with Gasteiger partial charge in [-0.3, -0.25) is 9.88 Å². The van der Waals surface area contributed by atoms with E-state index in [9.17, 15) is 0 Å². The molecule has 20 heavy (non-hydrogen) atoms. The van der Waals surface area contributed by atoms with Crippen molar-refractivity contribution in [2.24, 2.45) is 0 Å². The Labute approximate surface area is 123 Å². The first kappa shape index (κ1) is 16.9. The van der Waals surface area contributed by atoms with Crippen LogP contribution in [0.2, 0.25) is 0 Å². The van der Waals surface area contributed by atoms with Crippen LogP contribution in [0.1, 0.15) is 46.4 Å². The molecule has 0 amide bonds. The van der Waals surface area contributed by atoms with E-state index in [-0.39, 0.29) is 11.6 Å². The van der Waals surface area contributed by atoms with Crippen molar-refractivity contribution in [3.63, 3.8) is 0 Å². The normalized spacial score (nSPS) is 13.6. The van der Waals surface area contributed by atoms with Gasteiger partial charge in [-0.25, -0.2) is 0 Å². The summed E-state index contributed by atoms with van der Waals surface area (Å²) < 4.78 is 5.49. The lowest BCUT2D eigenvalue weighted by atomic mass is 9.88. The molecule has 1 N–H and O–H groups in total. The van der Waals surface area contributed by atoms with Gasteiger partial charge in [0.25, 0.3) is 0 Å². The first-order valence-corrected chi connectivity index (χ1v) is 7.50. The molecule has 114 valence electrons. The minimum Gasteiger partial charge on any atom is -0.495 e. The number of hydrogen-bond acceptors (Lipinski definition) is 4. The van der Waals surface area contributed by atoms with E-state index in [0.717, 1.165) is 31.1 Å². The van der Waals surface area contributed by atoms with Crippen LogP contribution in [0.15, 0.2) is 18.3 Å². The molecule has 1 aromatic rings. The maximum atomic E-state index is 5.49. The van der Waals surface area contributed by atoms with Gasteiger partial charge in [-0.05, 0) is 45.6 Å². The van der Waals surface area contributed by atoms with Gasteiger partial charge in [-0.2, -0.15) is 0 Å². The zero-order valence-electron chi connectivity index (χ0n) is 13.7. The molecule has 0 bridgehead atoms. The molecule has 1 aromatic heterocycles. The molecular formula is C16H29N3O. The Morgan fingerprint density at radius 3 is 2.45 bits per heavy atom. The molecule has 4 heteroatoms. The lowest BCUT2D eigenvalue weighted by Gasteiger charge is -2.43. The van der Waals surface area contributed by atoms with Gasteiger partial charge in [-0.1, -0.05) is 20.8 Å². The Morgan fingerprint density at radius 2 is 1.95 bits per heavy atom. The van der Waals surface area contributed by atoms with E-state index in [2.05, 4.69) is 49.8 Å². The van der Waals surface area contributed by atoms with Crippen LogP contribution in [0.4, 0.5) is 0 Å². The van der Waals surface area contributed by atoms with Crippen LogP contribution in [0.3, 0.4) is 0 Å². The molecule has 0 aliphatic carbocycles. The summed E-state index contributed by atoms with van der Waals surface area (Å²) in [6, 6.07) is 4.02. The fourth-order valence-corrected chi connectivity index (χ4v) is 2.90. The average molecular weight is 279 g/mol. The minimum atomic E-state index is -0.0405. The van der Waals surface area contributed by atoms with Crippen LogP contribution in [0.25, 0.3) is 0 Å². The fraction of sp³-hybridized carbons (Fsp3) is 0.688. The average Bonchev–Trinajstić information content (AvgIpc) is 2.45. The van der Waals surface area contributed by atoms with Crippen LogP contribution < -0.4 is 10.1 Å². The SMILES string of the molecule is CCNC(c1ncccc1OC)C(C)(C)N(CC)CC. The molecular weight excluding hydrogens is 250 g/mol. The molecule has 0 saturated heterocycles. The number of nitrogens with one attached hydrogen (secondary N) is 1. The molecule has 0 aliphatic rings. The maximum absolute atomic E-state index is 5.49. The molecule has 0 spiro atoms. The summed E-state index contributed by atoms with van der Waals surface area (Å²) in [4.78, 5) is 7.02. The summed E-state index contributed by atoms with van der Waals surface area (Å²) in [6.07, 6.45) is 1.83. The largest absolute Gasteiger partial charge is 0.495 e. The fourth-order valence-electron chi connectivity index (χ4n) is 2.90. The predicted molar refractivity (Wildman–Crippen MR) is 84.2 cm³/mol. The van der Waals surface area contributed by atoms with E-state index in [1.807, 2.05) is 18.3 Å². The zero-order valence-corrected chi connectivity index (χ0v) is 13.7. The molecule has 0 aliphatic heterocycles. The first-order valence-electron chi connectivity index (χ1n) is 7.50. The minimum absolute atomic E-state index is 0.0405. The van der Waals surface area contributed by atoms with Crippen molar-refractivity contribution in [3.8, 4) is 5.75 Å². The quantitative estimate of drug-likeness (QED) is 0.794. The zero-order chi connectivity index (χ0) is 15.2. The monoisotopic (exact) mass is 279 g/mol. The van der Waals surface area contributed by atoms with Crippen LogP contribution in [-0.2, 0) is 0 Å². The van der Waals surface area contributed by atoms with Crippen LogP contribution in [0, 0.1) is 0 Å². The van der Waals surface area contributed by atoms with Gasteiger partial charge in [0.2, 0.25) is 0 Å². The van der Waals surface area contributed by atoms with E-state index in [1.165, 1.54) is 0 Å². The van der Waals surface area contributed by atoms with Gasteiger partial charge >= 0.3 is 0 Å². The van der Waals surface area contributed by atoms with Crippen molar-refractivity contribution in [1.29, 1.82) is 0 Å². The molecule has 0 radical (unpaired) electrons. The van der Waals surface area contributed by atoms with E-state index in [4.69, 9.17) is 4.74 Å². The smallest absolute Gasteiger partial charge is 0.142 e. The Hall–Kier alpha value is -1.13. The second kappa shape index (κ2) is 7.60. The van der Waals surface area contributed by atoms with E-state index in [0.29, 0.717) is 0 Å². The third-order valence-electron chi connectivity index (χ3n) is 3.99. The van der Waals surface area contributed by atoms with Gasteiger partial charge in [-0.15, -0.1) is 0 Å². The van der Waals surface area contributed by atoms with Crippen molar-refractivity contribution in [1.82, 2.24) is 15.2 Å². The van der Waals surface area contributed by atoms with Crippen molar-refractivity contribution in [2.45, 2.75) is 46.2 Å². The van der Waals surface area contributed by atoms with E-state index >= 15 is 0 Å². The number of nitrogens with zero attached hydrogens (tertiary/aromatic N) is 2. The maximum Gasteiger partial charge on any atom is 0.142 e. The number of ether oxygens (including phenoxy) is 1. The first-order chi connectivity index (χ1) is 9.52. The van der Waals surface area contributed by atoms with Crippen molar-refractivity contribution < 1.29 is 4.74 Å². The van der Waals surface area contributed by atoms with Gasteiger partial charge in [0.15, 0.2) is 0 Å². The van der Waals surface area contributed by atoms with Gasteiger partial charge < -0.3 is 10.1 Å². The number of aromatic nitrogens is 1. The third-order valence-corrected chi connectivity index (χ3v) is 3.99. The van der Waals surface area contributed by atoms with Gasteiger partial charge in [0.1, 0.15) is 11.4 Å². The molecule has 0 saturated carbocycles. The standard InChI is InChI=1S/C16H29N3O/c1-7-17-15(16(4,5)19(8-2)9-3)14-13(20-6)11-10-12-18-14/h10-12,15,17H,7-9H2,1-6H3. The number of likely N-dealkylation sites (N-methyl/N-ethyl adjacent to an activating group) is 2. The summed E-state index contributed by atoms with van der Waals surface area (Å²) in [5, 5.41) is 3.58. The molecule has 4 nitrogen and oxygen atoms in total. The lowest BCUT2D eigenvalue weighted by molar-refractivity contribution is 0.0889. The van der Waals surface area contributed by atoms with Crippen molar-refractivity contribution >= 4 is 0 Å². The summed E-state index contributed by atoms with van der Waals surface area (Å²) in [5.74, 6) is 0.846. The number of hydrogen-bond donors (Lipinski definition) is 1. The highest BCUT2D eigenvalue weighted by Gasteiger charge is 2.36. The van der Waals surface area contributed by atoms with Crippen LogP contribution in [-0.4, -0.2) is 42.2 Å². The number of rotatable bonds is 8. The van der Waals surface area contributed by atoms with Crippen LogP contribution in [0.5, 0.6) is 5.75 Å². The molecule has 1 heterocycles.